The van der Waals surface area contributed by atoms with Crippen LogP contribution in [0, 0.1) is 5.92 Å². The van der Waals surface area contributed by atoms with Crippen LogP contribution in [0.2, 0.25) is 0 Å². The van der Waals surface area contributed by atoms with Crippen LogP contribution in [0.25, 0.3) is 0 Å². The second kappa shape index (κ2) is 5.23. The fraction of sp³-hybridized carbons (Fsp3) is 0.444. The Morgan fingerprint density at radius 2 is 2.10 bits per heavy atom. The third-order valence-electron chi connectivity index (χ3n) is 4.71. The highest BCUT2D eigenvalue weighted by Crippen LogP contribution is 2.47. The Bertz CT molecular complexity index is 634. The molecule has 110 valence electrons. The molecule has 3 nitrogen and oxygen atoms in total. The molecule has 1 fully saturated rings. The average Bonchev–Trinajstić information content (AvgIpc) is 3.11. The number of rotatable bonds is 3. The first kappa shape index (κ1) is 13.0. The summed E-state index contributed by atoms with van der Waals surface area (Å²) in [7, 11) is 0. The van der Waals surface area contributed by atoms with Crippen molar-refractivity contribution in [3.05, 3.63) is 53.5 Å². The largest absolute Gasteiger partial charge is 0.464 e. The molecule has 1 aliphatic heterocycles. The van der Waals surface area contributed by atoms with Gasteiger partial charge in [0.2, 0.25) is 0 Å². The molecular formula is C18H22N2O. The molecule has 3 heteroatoms. The molecule has 2 aromatic rings. The van der Waals surface area contributed by atoms with E-state index in [-0.39, 0.29) is 0 Å². The Morgan fingerprint density at radius 1 is 1.24 bits per heavy atom. The monoisotopic (exact) mass is 282 g/mol. The second-order valence-electron chi connectivity index (χ2n) is 6.35. The molecule has 0 amide bonds. The lowest BCUT2D eigenvalue weighted by Crippen LogP contribution is -2.28. The predicted molar refractivity (Wildman–Crippen MR) is 84.4 cm³/mol. The van der Waals surface area contributed by atoms with E-state index >= 15 is 0 Å². The van der Waals surface area contributed by atoms with E-state index in [1.165, 1.54) is 23.4 Å². The fourth-order valence-electron chi connectivity index (χ4n) is 3.28. The van der Waals surface area contributed by atoms with Gasteiger partial charge in [0.25, 0.3) is 0 Å². The van der Waals surface area contributed by atoms with Crippen LogP contribution in [0.5, 0.6) is 0 Å². The molecule has 1 N–H and O–H groups in total. The fourth-order valence-corrected chi connectivity index (χ4v) is 3.28. The minimum atomic E-state index is 0.664. The smallest absolute Gasteiger partial charge is 0.123 e. The van der Waals surface area contributed by atoms with Crippen molar-refractivity contribution in [2.75, 3.05) is 18.0 Å². The minimum Gasteiger partial charge on any atom is -0.464 e. The van der Waals surface area contributed by atoms with E-state index in [0.717, 1.165) is 37.9 Å². The molecule has 1 aliphatic carbocycles. The van der Waals surface area contributed by atoms with E-state index in [9.17, 15) is 0 Å². The molecule has 2 unspecified atom stereocenters. The SMILES string of the molecule is CC1CC1c1ccc(CN2CCNCc3ccccc32)o1. The third kappa shape index (κ3) is 2.58. The topological polar surface area (TPSA) is 28.4 Å². The van der Waals surface area contributed by atoms with Crippen LogP contribution in [0.15, 0.2) is 40.8 Å². The summed E-state index contributed by atoms with van der Waals surface area (Å²) in [5.41, 5.74) is 2.71. The van der Waals surface area contributed by atoms with Crippen LogP contribution in [-0.4, -0.2) is 13.1 Å². The molecule has 2 atom stereocenters. The lowest BCUT2D eigenvalue weighted by molar-refractivity contribution is 0.457. The normalized spacial score (nSPS) is 24.5. The van der Waals surface area contributed by atoms with Crippen molar-refractivity contribution >= 4 is 5.69 Å². The van der Waals surface area contributed by atoms with Gasteiger partial charge in [-0.3, -0.25) is 0 Å². The van der Waals surface area contributed by atoms with Gasteiger partial charge in [-0.05, 0) is 36.1 Å². The molecule has 1 saturated carbocycles. The standard InChI is InChI=1S/C18H22N2O/c1-13-10-16(13)18-7-6-15(21-18)12-20-9-8-19-11-14-4-2-3-5-17(14)20/h2-7,13,16,19H,8-12H2,1H3. The first-order chi connectivity index (χ1) is 10.3. The summed E-state index contributed by atoms with van der Waals surface area (Å²) in [6, 6.07) is 13.0. The molecule has 21 heavy (non-hydrogen) atoms. The van der Waals surface area contributed by atoms with Gasteiger partial charge in [0.05, 0.1) is 6.54 Å². The number of anilines is 1. The number of para-hydroxylation sites is 1. The maximum atomic E-state index is 6.07. The van der Waals surface area contributed by atoms with Crippen LogP contribution in [0.3, 0.4) is 0 Å². The zero-order valence-corrected chi connectivity index (χ0v) is 12.5. The van der Waals surface area contributed by atoms with Gasteiger partial charge >= 0.3 is 0 Å². The highest BCUT2D eigenvalue weighted by Gasteiger charge is 2.36. The van der Waals surface area contributed by atoms with E-state index in [2.05, 4.69) is 53.5 Å². The third-order valence-corrected chi connectivity index (χ3v) is 4.71. The van der Waals surface area contributed by atoms with E-state index in [1.54, 1.807) is 0 Å². The summed E-state index contributed by atoms with van der Waals surface area (Å²) in [6.45, 7) is 6.15. The molecule has 0 bridgehead atoms. The Labute approximate surface area is 126 Å². The summed E-state index contributed by atoms with van der Waals surface area (Å²) in [6.07, 6.45) is 1.28. The molecule has 4 rings (SSSR count). The Balaban J connectivity index is 1.55. The summed E-state index contributed by atoms with van der Waals surface area (Å²) in [5, 5.41) is 3.49. The van der Waals surface area contributed by atoms with E-state index < -0.39 is 0 Å². The van der Waals surface area contributed by atoms with Gasteiger partial charge in [-0.25, -0.2) is 0 Å². The van der Waals surface area contributed by atoms with E-state index in [1.807, 2.05) is 0 Å². The number of furan rings is 1. The molecule has 0 spiro atoms. The summed E-state index contributed by atoms with van der Waals surface area (Å²) in [5.74, 6) is 3.73. The van der Waals surface area contributed by atoms with E-state index in [4.69, 9.17) is 4.42 Å². The van der Waals surface area contributed by atoms with Gasteiger partial charge in [-0.15, -0.1) is 0 Å². The Morgan fingerprint density at radius 3 is 2.95 bits per heavy atom. The summed E-state index contributed by atoms with van der Waals surface area (Å²) in [4.78, 5) is 2.42. The molecule has 0 saturated heterocycles. The van der Waals surface area contributed by atoms with Gasteiger partial charge in [-0.2, -0.15) is 0 Å². The van der Waals surface area contributed by atoms with E-state index in [0.29, 0.717) is 5.92 Å². The molecule has 1 aromatic heterocycles. The molecule has 0 radical (unpaired) electrons. The van der Waals surface area contributed by atoms with Crippen LogP contribution >= 0.6 is 0 Å². The average molecular weight is 282 g/mol. The minimum absolute atomic E-state index is 0.664. The zero-order valence-electron chi connectivity index (χ0n) is 12.5. The molecule has 2 heterocycles. The maximum absolute atomic E-state index is 6.07. The molecule has 2 aliphatic rings. The maximum Gasteiger partial charge on any atom is 0.123 e. The number of hydrogen-bond donors (Lipinski definition) is 1. The van der Waals surface area contributed by atoms with Gasteiger partial charge < -0.3 is 14.6 Å². The van der Waals surface area contributed by atoms with Crippen LogP contribution in [-0.2, 0) is 13.1 Å². The number of benzene rings is 1. The highest BCUT2D eigenvalue weighted by atomic mass is 16.3. The Hall–Kier alpha value is -1.74. The Kier molecular flexibility index (Phi) is 3.23. The summed E-state index contributed by atoms with van der Waals surface area (Å²) < 4.78 is 6.07. The summed E-state index contributed by atoms with van der Waals surface area (Å²) >= 11 is 0. The lowest BCUT2D eigenvalue weighted by atomic mass is 10.1. The number of nitrogens with zero attached hydrogens (tertiary/aromatic N) is 1. The quantitative estimate of drug-likeness (QED) is 0.934. The number of fused-ring (bicyclic) bond motifs is 1. The van der Waals surface area contributed by atoms with Crippen LogP contribution < -0.4 is 10.2 Å². The van der Waals surface area contributed by atoms with Gasteiger partial charge in [0.15, 0.2) is 0 Å². The first-order valence-corrected chi connectivity index (χ1v) is 7.93. The van der Waals surface area contributed by atoms with Crippen molar-refractivity contribution in [3.8, 4) is 0 Å². The van der Waals surface area contributed by atoms with Gasteiger partial charge in [-0.1, -0.05) is 25.1 Å². The van der Waals surface area contributed by atoms with Crippen LogP contribution in [0.1, 0.15) is 36.3 Å². The number of hydrogen-bond acceptors (Lipinski definition) is 3. The molecule has 1 aromatic carbocycles. The van der Waals surface area contributed by atoms with Gasteiger partial charge in [0.1, 0.15) is 11.5 Å². The van der Waals surface area contributed by atoms with Gasteiger partial charge in [0, 0.05) is 31.2 Å². The van der Waals surface area contributed by atoms with Crippen molar-refractivity contribution in [2.45, 2.75) is 32.4 Å². The first-order valence-electron chi connectivity index (χ1n) is 7.93. The van der Waals surface area contributed by atoms with Crippen molar-refractivity contribution < 1.29 is 4.42 Å². The second-order valence-corrected chi connectivity index (χ2v) is 6.35. The van der Waals surface area contributed by atoms with Crippen molar-refractivity contribution in [2.24, 2.45) is 5.92 Å². The predicted octanol–water partition coefficient (Wildman–Crippen LogP) is 3.51. The highest BCUT2D eigenvalue weighted by molar-refractivity contribution is 5.54. The number of nitrogens with one attached hydrogen (secondary N) is 1. The zero-order chi connectivity index (χ0) is 14.2. The van der Waals surface area contributed by atoms with Crippen molar-refractivity contribution in [3.63, 3.8) is 0 Å². The van der Waals surface area contributed by atoms with Crippen molar-refractivity contribution in [1.29, 1.82) is 0 Å². The van der Waals surface area contributed by atoms with Crippen LogP contribution in [0.4, 0.5) is 5.69 Å². The van der Waals surface area contributed by atoms with Crippen molar-refractivity contribution in [1.82, 2.24) is 5.32 Å². The molecular weight excluding hydrogens is 260 g/mol. The lowest BCUT2D eigenvalue weighted by Gasteiger charge is -2.23.